The second-order valence-corrected chi connectivity index (χ2v) is 10.8. The summed E-state index contributed by atoms with van der Waals surface area (Å²) in [5.41, 5.74) is 5.48. The predicted molar refractivity (Wildman–Crippen MR) is 139 cm³/mol. The molecule has 3 N–H and O–H groups in total. The van der Waals surface area contributed by atoms with Crippen molar-refractivity contribution in [2.75, 3.05) is 6.61 Å². The van der Waals surface area contributed by atoms with Crippen LogP contribution in [0.2, 0.25) is 0 Å². The Bertz CT molecular complexity index is 1150. The first-order valence-electron chi connectivity index (χ1n) is 12.0. The van der Waals surface area contributed by atoms with Gasteiger partial charge in [-0.15, -0.1) is 0 Å². The number of ether oxygens (including phenoxy) is 2. The summed E-state index contributed by atoms with van der Waals surface area (Å²) >= 11 is 0. The fourth-order valence-electron chi connectivity index (χ4n) is 3.53. The summed E-state index contributed by atoms with van der Waals surface area (Å²) in [6.45, 7) is 14.5. The Balaban J connectivity index is 2.73. The number of nitrogens with two attached hydrogens (primary N) is 1. The summed E-state index contributed by atoms with van der Waals surface area (Å²) < 4.78 is 13.3. The Hall–Kier alpha value is -3.29. The van der Waals surface area contributed by atoms with Crippen LogP contribution in [0.4, 0.5) is 4.79 Å². The molecular weight excluding hydrogens is 446 g/mol. The van der Waals surface area contributed by atoms with E-state index in [1.807, 2.05) is 20.8 Å². The monoisotopic (exact) mass is 485 g/mol. The van der Waals surface area contributed by atoms with E-state index in [0.29, 0.717) is 40.9 Å². The standard InChI is InChI=1S/C27H39N3O5/c1-8-9-14-34-23-20-15-18(11-13-22(28)31)10-12-19(20)24(32)30(17-26(2,3)4)21(23)16-29-25(33)35-27(5,6)7/h10-13,15H,8-9,14,16-17H2,1-7H3,(H2,28,31)(H,29,33)/b13-11+. The first kappa shape index (κ1) is 28.0. The molecule has 0 aliphatic heterocycles. The summed E-state index contributed by atoms with van der Waals surface area (Å²) in [5, 5.41) is 3.90. The highest BCUT2D eigenvalue weighted by Crippen LogP contribution is 2.31. The van der Waals surface area contributed by atoms with E-state index >= 15 is 0 Å². The van der Waals surface area contributed by atoms with Gasteiger partial charge in [0.15, 0.2) is 0 Å². The lowest BCUT2D eigenvalue weighted by Crippen LogP contribution is -2.36. The van der Waals surface area contributed by atoms with Gasteiger partial charge in [0.25, 0.3) is 5.56 Å². The number of carbonyl (C=O) groups is 2. The number of hydrogen-bond donors (Lipinski definition) is 2. The number of hydrogen-bond acceptors (Lipinski definition) is 5. The van der Waals surface area contributed by atoms with Crippen molar-refractivity contribution < 1.29 is 19.1 Å². The molecule has 0 spiro atoms. The van der Waals surface area contributed by atoms with Gasteiger partial charge in [-0.2, -0.15) is 0 Å². The Labute approximate surface area is 207 Å². The van der Waals surface area contributed by atoms with Gasteiger partial charge in [0, 0.05) is 18.0 Å². The maximum Gasteiger partial charge on any atom is 0.407 e. The van der Waals surface area contributed by atoms with Crippen molar-refractivity contribution >= 4 is 28.8 Å². The Morgan fingerprint density at radius 2 is 1.80 bits per heavy atom. The van der Waals surface area contributed by atoms with E-state index < -0.39 is 17.6 Å². The van der Waals surface area contributed by atoms with E-state index in [1.165, 1.54) is 6.08 Å². The molecule has 0 radical (unpaired) electrons. The van der Waals surface area contributed by atoms with Crippen LogP contribution in [0.3, 0.4) is 0 Å². The Morgan fingerprint density at radius 1 is 1.11 bits per heavy atom. The number of benzene rings is 1. The van der Waals surface area contributed by atoms with Gasteiger partial charge in [-0.05, 0) is 56.4 Å². The van der Waals surface area contributed by atoms with E-state index in [4.69, 9.17) is 15.2 Å². The molecule has 0 bridgehead atoms. The van der Waals surface area contributed by atoms with Crippen LogP contribution in [0.15, 0.2) is 29.1 Å². The zero-order valence-corrected chi connectivity index (χ0v) is 22.0. The first-order valence-corrected chi connectivity index (χ1v) is 12.0. The number of primary amides is 1. The van der Waals surface area contributed by atoms with Gasteiger partial charge in [0.05, 0.1) is 24.2 Å². The average molecular weight is 486 g/mol. The van der Waals surface area contributed by atoms with Crippen LogP contribution in [-0.2, 0) is 22.6 Å². The topological polar surface area (TPSA) is 113 Å². The van der Waals surface area contributed by atoms with Crippen molar-refractivity contribution in [2.24, 2.45) is 11.1 Å². The zero-order chi connectivity index (χ0) is 26.4. The van der Waals surface area contributed by atoms with Gasteiger partial charge in [-0.25, -0.2) is 4.79 Å². The van der Waals surface area contributed by atoms with Crippen LogP contribution in [-0.4, -0.2) is 28.8 Å². The van der Waals surface area contributed by atoms with Crippen LogP contribution in [0.1, 0.15) is 72.6 Å². The number of rotatable bonds is 9. The number of unbranched alkanes of at least 4 members (excludes halogenated alkanes) is 1. The lowest BCUT2D eigenvalue weighted by molar-refractivity contribution is -0.113. The first-order chi connectivity index (χ1) is 16.2. The molecule has 2 amide bonds. The fraction of sp³-hybridized carbons (Fsp3) is 0.519. The molecule has 0 atom stereocenters. The Morgan fingerprint density at radius 3 is 2.37 bits per heavy atom. The normalized spacial score (nSPS) is 12.2. The molecule has 0 unspecified atom stereocenters. The predicted octanol–water partition coefficient (Wildman–Crippen LogP) is 4.75. The minimum atomic E-state index is -0.652. The summed E-state index contributed by atoms with van der Waals surface area (Å²) in [5.74, 6) is -0.0324. The fourth-order valence-corrected chi connectivity index (χ4v) is 3.53. The number of nitrogens with one attached hydrogen (secondary N) is 1. The van der Waals surface area contributed by atoms with Crippen LogP contribution in [0.25, 0.3) is 16.8 Å². The maximum absolute atomic E-state index is 13.6. The maximum atomic E-state index is 13.6. The molecule has 0 fully saturated rings. The van der Waals surface area contributed by atoms with Gasteiger partial charge < -0.3 is 25.1 Å². The van der Waals surface area contributed by atoms with E-state index in [2.05, 4.69) is 12.2 Å². The molecule has 1 aromatic carbocycles. The van der Waals surface area contributed by atoms with Crippen LogP contribution < -0.4 is 21.3 Å². The van der Waals surface area contributed by atoms with Gasteiger partial charge in [-0.1, -0.05) is 40.2 Å². The molecule has 1 aromatic heterocycles. The summed E-state index contributed by atoms with van der Waals surface area (Å²) in [6, 6.07) is 5.30. The van der Waals surface area contributed by atoms with Gasteiger partial charge in [0.2, 0.25) is 5.91 Å². The molecule has 8 nitrogen and oxygen atoms in total. The molecule has 2 aromatic rings. The summed E-state index contributed by atoms with van der Waals surface area (Å²) in [7, 11) is 0. The third-order valence-corrected chi connectivity index (χ3v) is 4.97. The SMILES string of the molecule is CCCCOc1c(CNC(=O)OC(C)(C)C)n(CC(C)(C)C)c(=O)c2ccc(/C=C/C(N)=O)cc12. The number of nitrogens with zero attached hydrogens (tertiary/aromatic N) is 1. The third kappa shape index (κ3) is 8.46. The lowest BCUT2D eigenvalue weighted by Gasteiger charge is -2.26. The Kier molecular flexibility index (Phi) is 9.12. The van der Waals surface area contributed by atoms with Crippen molar-refractivity contribution in [3.63, 3.8) is 0 Å². The van der Waals surface area contributed by atoms with Gasteiger partial charge >= 0.3 is 6.09 Å². The molecule has 0 saturated carbocycles. The van der Waals surface area contributed by atoms with E-state index in [0.717, 1.165) is 12.8 Å². The van der Waals surface area contributed by atoms with Crippen molar-refractivity contribution in [1.29, 1.82) is 0 Å². The minimum absolute atomic E-state index is 0.0545. The molecule has 35 heavy (non-hydrogen) atoms. The van der Waals surface area contributed by atoms with Gasteiger partial charge in [-0.3, -0.25) is 9.59 Å². The van der Waals surface area contributed by atoms with Crippen LogP contribution in [0.5, 0.6) is 5.75 Å². The van der Waals surface area contributed by atoms with Crippen LogP contribution >= 0.6 is 0 Å². The van der Waals surface area contributed by atoms with E-state index in [9.17, 15) is 14.4 Å². The number of fused-ring (bicyclic) bond motifs is 1. The molecule has 0 aliphatic rings. The highest BCUT2D eigenvalue weighted by atomic mass is 16.6. The van der Waals surface area contributed by atoms with Crippen LogP contribution in [0, 0.1) is 5.41 Å². The third-order valence-electron chi connectivity index (χ3n) is 4.97. The molecule has 2 rings (SSSR count). The molecule has 8 heteroatoms. The molecule has 1 heterocycles. The zero-order valence-electron chi connectivity index (χ0n) is 22.0. The molecule has 0 aliphatic carbocycles. The number of alkyl carbamates (subject to hydrolysis) is 1. The second-order valence-electron chi connectivity index (χ2n) is 10.8. The molecular formula is C27H39N3O5. The van der Waals surface area contributed by atoms with Gasteiger partial charge in [0.1, 0.15) is 11.4 Å². The number of amides is 2. The molecule has 192 valence electrons. The number of aromatic nitrogens is 1. The minimum Gasteiger partial charge on any atom is -0.491 e. The van der Waals surface area contributed by atoms with Crippen molar-refractivity contribution in [2.45, 2.75) is 80.0 Å². The van der Waals surface area contributed by atoms with Crippen molar-refractivity contribution in [3.8, 4) is 5.75 Å². The summed E-state index contributed by atoms with van der Waals surface area (Å²) in [6.07, 6.45) is 4.06. The number of carbonyl (C=O) groups excluding carboxylic acids is 2. The van der Waals surface area contributed by atoms with E-state index in [1.54, 1.807) is 49.6 Å². The summed E-state index contributed by atoms with van der Waals surface area (Å²) in [4.78, 5) is 37.3. The smallest absolute Gasteiger partial charge is 0.407 e. The van der Waals surface area contributed by atoms with Crippen molar-refractivity contribution in [3.05, 3.63) is 45.9 Å². The van der Waals surface area contributed by atoms with E-state index in [-0.39, 0.29) is 17.5 Å². The lowest BCUT2D eigenvalue weighted by atomic mass is 9.96. The number of pyridine rings is 1. The second kappa shape index (κ2) is 11.4. The quantitative estimate of drug-likeness (QED) is 0.393. The molecule has 0 saturated heterocycles. The highest BCUT2D eigenvalue weighted by molar-refractivity contribution is 5.93. The average Bonchev–Trinajstić information content (AvgIpc) is 2.72. The largest absolute Gasteiger partial charge is 0.491 e. The highest BCUT2D eigenvalue weighted by Gasteiger charge is 2.23. The van der Waals surface area contributed by atoms with Crippen molar-refractivity contribution in [1.82, 2.24) is 9.88 Å².